The Morgan fingerprint density at radius 3 is 2.44 bits per heavy atom. The van der Waals surface area contributed by atoms with Crippen LogP contribution in [0.4, 0.5) is 17.2 Å². The molecule has 4 atom stereocenters. The summed E-state index contributed by atoms with van der Waals surface area (Å²) in [6, 6.07) is 9.23. The van der Waals surface area contributed by atoms with E-state index in [1.165, 1.54) is 6.33 Å². The van der Waals surface area contributed by atoms with Crippen molar-refractivity contribution in [1.29, 1.82) is 0 Å². The van der Waals surface area contributed by atoms with E-state index in [9.17, 15) is 9.00 Å². The topological polar surface area (TPSA) is 106 Å². The maximum atomic E-state index is 13.2. The molecule has 0 saturated carbocycles. The molecule has 17 heteroatoms. The van der Waals surface area contributed by atoms with Crippen LogP contribution in [-0.4, -0.2) is 72.7 Å². The molecule has 0 aliphatic rings. The van der Waals surface area contributed by atoms with E-state index in [1.54, 1.807) is 25.5 Å². The van der Waals surface area contributed by atoms with Gasteiger partial charge in [0.15, 0.2) is 6.10 Å². The molecule has 0 saturated heterocycles. The summed E-state index contributed by atoms with van der Waals surface area (Å²) >= 11 is 7.03. The fourth-order valence-electron chi connectivity index (χ4n) is 3.83. The fraction of sp³-hybridized carbons (Fsp3) is 0.318. The number of carbonyl (C=O) groups excluding carboxylic acids is 1. The number of aromatic nitrogens is 2. The number of ether oxygens (including phenoxy) is 1. The molecule has 3 unspecified atom stereocenters. The van der Waals surface area contributed by atoms with Crippen molar-refractivity contribution in [2.45, 2.75) is 23.5 Å². The van der Waals surface area contributed by atoms with E-state index in [-0.39, 0.29) is 16.3 Å². The summed E-state index contributed by atoms with van der Waals surface area (Å²) in [5.41, 5.74) is 2.84. The molecule has 1 aromatic heterocycles. The van der Waals surface area contributed by atoms with Crippen molar-refractivity contribution in [2.75, 3.05) is 17.8 Å². The molecule has 2 aromatic carbocycles. The summed E-state index contributed by atoms with van der Waals surface area (Å²) in [6.45, 7) is 1.74. The van der Waals surface area contributed by atoms with Crippen molar-refractivity contribution in [3.8, 4) is 5.75 Å². The van der Waals surface area contributed by atoms with E-state index in [0.717, 1.165) is 16.2 Å². The Morgan fingerprint density at radius 2 is 1.85 bits per heavy atom. The standard InChI is InChI=1S/C22H29B3I3N5O3P2S/c1-10(19(34)32-20(21(24,25)38)22(26,27)28)36-16-8-12(37)4-5-14(16)31-18-17-13(23)6-11(33-39(2,3)35)7-15(17)29-9-30-18/h4-10,20H,23-25,37-38H2,1-3H3,(H,32,34)(H,29,30,31)/t10-,20?/m1/s1. The first kappa shape index (κ1) is 33.5. The first-order valence-corrected chi connectivity index (χ1v) is 18.5. The van der Waals surface area contributed by atoms with Crippen molar-refractivity contribution >= 4 is 164 Å². The number of fused-ring (bicyclic) bond motifs is 1. The van der Waals surface area contributed by atoms with Gasteiger partial charge in [-0.2, -0.15) is 4.36 Å². The molecule has 3 rings (SSSR count). The number of hydrogen-bond donors (Lipinski definition) is 2. The van der Waals surface area contributed by atoms with Gasteiger partial charge in [0.25, 0.3) is 5.91 Å². The lowest BCUT2D eigenvalue weighted by atomic mass is 9.65. The van der Waals surface area contributed by atoms with Gasteiger partial charge in [-0.05, 0) is 41.4 Å². The number of halogens is 3. The van der Waals surface area contributed by atoms with E-state index >= 15 is 0 Å². The zero-order chi connectivity index (χ0) is 29.3. The first-order valence-electron chi connectivity index (χ1n) is 11.8. The minimum Gasteiger partial charge on any atom is -0.479 e. The average molecular weight is 919 g/mol. The van der Waals surface area contributed by atoms with Gasteiger partial charge in [0.1, 0.15) is 40.9 Å². The van der Waals surface area contributed by atoms with Gasteiger partial charge in [-0.25, -0.2) is 14.2 Å². The lowest BCUT2D eigenvalue weighted by Crippen LogP contribution is -2.58. The third kappa shape index (κ3) is 9.52. The average Bonchev–Trinajstić information content (AvgIpc) is 2.76. The molecule has 0 radical (unpaired) electrons. The number of anilines is 2. The van der Waals surface area contributed by atoms with Crippen molar-refractivity contribution < 1.29 is 13.7 Å². The molecule has 1 amide bonds. The molecule has 0 bridgehead atoms. The molecule has 0 fully saturated rings. The van der Waals surface area contributed by atoms with E-state index in [1.807, 2.05) is 32.1 Å². The molecule has 2 N–H and O–H groups in total. The third-order valence-electron chi connectivity index (χ3n) is 5.53. The molecule has 0 spiro atoms. The van der Waals surface area contributed by atoms with Crippen LogP contribution in [0.5, 0.6) is 5.75 Å². The molecule has 8 nitrogen and oxygen atoms in total. The Morgan fingerprint density at radius 1 is 1.18 bits per heavy atom. The highest BCUT2D eigenvalue weighted by Gasteiger charge is 2.41. The fourth-order valence-corrected chi connectivity index (χ4v) is 8.92. The number of nitrogens with zero attached hydrogens (tertiary/aromatic N) is 3. The first-order chi connectivity index (χ1) is 17.8. The van der Waals surface area contributed by atoms with Gasteiger partial charge in [0, 0.05) is 27.6 Å². The van der Waals surface area contributed by atoms with E-state index in [4.69, 9.17) is 4.74 Å². The van der Waals surface area contributed by atoms with Crippen molar-refractivity contribution in [3.05, 3.63) is 36.7 Å². The van der Waals surface area contributed by atoms with Crippen LogP contribution in [0.25, 0.3) is 10.9 Å². The second-order valence-corrected chi connectivity index (χ2v) is 26.1. The molecular weight excluding hydrogens is 889 g/mol. The minimum atomic E-state index is -2.31. The maximum Gasteiger partial charge on any atom is 0.261 e. The largest absolute Gasteiger partial charge is 0.479 e. The molecule has 1 heterocycles. The third-order valence-corrected chi connectivity index (χ3v) is 8.75. The van der Waals surface area contributed by atoms with E-state index < -0.39 is 15.8 Å². The lowest BCUT2D eigenvalue weighted by molar-refractivity contribution is -0.127. The summed E-state index contributed by atoms with van der Waals surface area (Å²) in [7, 11) is 9.26. The molecular formula is C22H29B3I3N5O3P2S. The van der Waals surface area contributed by atoms with Crippen molar-refractivity contribution in [3.63, 3.8) is 0 Å². The van der Waals surface area contributed by atoms with Gasteiger partial charge in [0.2, 0.25) is 0 Å². The van der Waals surface area contributed by atoms with Crippen molar-refractivity contribution in [2.24, 2.45) is 4.36 Å². The van der Waals surface area contributed by atoms with Crippen LogP contribution in [0.3, 0.4) is 0 Å². The zero-order valence-corrected chi connectivity index (χ0v) is 32.0. The number of alkyl halides is 3. The lowest BCUT2D eigenvalue weighted by Gasteiger charge is -2.38. The minimum absolute atomic E-state index is 0.123. The van der Waals surface area contributed by atoms with Crippen LogP contribution < -0.4 is 26.1 Å². The Hall–Kier alpha value is 0.0448. The van der Waals surface area contributed by atoms with E-state index in [0.29, 0.717) is 28.5 Å². The predicted octanol–water partition coefficient (Wildman–Crippen LogP) is 1.50. The maximum absolute atomic E-state index is 13.2. The summed E-state index contributed by atoms with van der Waals surface area (Å²) < 4.78 is 22.5. The normalized spacial score (nSPS) is 13.9. The van der Waals surface area contributed by atoms with Gasteiger partial charge in [0.05, 0.1) is 22.9 Å². The van der Waals surface area contributed by atoms with Crippen LogP contribution in [-0.2, 0) is 14.5 Å². The molecule has 39 heavy (non-hydrogen) atoms. The molecule has 3 aromatic rings. The Labute approximate surface area is 278 Å². The van der Waals surface area contributed by atoms with Crippen molar-refractivity contribution in [1.82, 2.24) is 15.3 Å². The highest BCUT2D eigenvalue weighted by atomic mass is 127. The quantitative estimate of drug-likeness (QED) is 0.146. The summed E-state index contributed by atoms with van der Waals surface area (Å²) in [4.78, 5) is 21.9. The number of hydrogen-bond acceptors (Lipinski definition) is 7. The van der Waals surface area contributed by atoms with Gasteiger partial charge in [-0.3, -0.25) is 4.79 Å². The predicted molar refractivity (Wildman–Crippen MR) is 205 cm³/mol. The van der Waals surface area contributed by atoms with Crippen LogP contribution in [0.1, 0.15) is 6.92 Å². The second-order valence-electron chi connectivity index (χ2n) is 10.1. The Kier molecular flexibility index (Phi) is 11.3. The molecule has 206 valence electrons. The number of nitrogens with one attached hydrogen (secondary N) is 2. The Bertz CT molecular complexity index is 1510. The van der Waals surface area contributed by atoms with Crippen LogP contribution in [0.15, 0.2) is 41.0 Å². The molecule has 0 aliphatic heterocycles. The van der Waals surface area contributed by atoms with Gasteiger partial charge < -0.3 is 15.4 Å². The number of amides is 1. The number of benzene rings is 2. The van der Waals surface area contributed by atoms with Crippen LogP contribution in [0.2, 0.25) is 0 Å². The highest BCUT2D eigenvalue weighted by Crippen LogP contribution is 2.43. The highest BCUT2D eigenvalue weighted by molar-refractivity contribution is 14.3. The molecule has 0 aliphatic carbocycles. The van der Waals surface area contributed by atoms with Crippen LogP contribution in [0, 0.1) is 0 Å². The number of carbonyl (C=O) groups is 1. The van der Waals surface area contributed by atoms with E-state index in [2.05, 4.69) is 127 Å². The SMILES string of the molecule is Bc1cc(N=S(C)(C)=O)cc2ncnc(Nc3ccc(P)cc3O[C@H](C)C(=O)NC(C(B)(B)P)C(I)(I)I)c12. The second kappa shape index (κ2) is 13.1. The summed E-state index contributed by atoms with van der Waals surface area (Å²) in [5, 5.41) is 8.27. The smallest absolute Gasteiger partial charge is 0.261 e. The summed E-state index contributed by atoms with van der Waals surface area (Å²) in [6.07, 6.45) is 3.92. The van der Waals surface area contributed by atoms with Gasteiger partial charge >= 0.3 is 0 Å². The number of rotatable bonds is 9. The van der Waals surface area contributed by atoms with Gasteiger partial charge in [-0.1, -0.05) is 79.3 Å². The monoisotopic (exact) mass is 919 g/mol. The zero-order valence-electron chi connectivity index (χ0n) is 22.4. The van der Waals surface area contributed by atoms with Gasteiger partial charge in [-0.15, -0.1) is 18.5 Å². The Balaban J connectivity index is 1.93. The summed E-state index contributed by atoms with van der Waals surface area (Å²) in [5.74, 6) is 0.905. The van der Waals surface area contributed by atoms with Crippen LogP contribution >= 0.6 is 86.3 Å².